The number of hydrogen-bond acceptors (Lipinski definition) is 5. The highest BCUT2D eigenvalue weighted by molar-refractivity contribution is 7.89. The fraction of sp³-hybridized carbons (Fsp3) is 0.350. The average Bonchev–Trinajstić information content (AvgIpc) is 2.78. The molecule has 2 aromatic carbocycles. The van der Waals surface area contributed by atoms with Crippen LogP contribution in [0.3, 0.4) is 0 Å². The molecule has 1 saturated heterocycles. The van der Waals surface area contributed by atoms with Gasteiger partial charge < -0.3 is 10.2 Å². The third-order valence-electron chi connectivity index (χ3n) is 5.25. The topological polar surface area (TPSA) is 113 Å². The van der Waals surface area contributed by atoms with Crippen molar-refractivity contribution in [3.05, 3.63) is 69.8 Å². The molecule has 1 aliphatic heterocycles. The lowest BCUT2D eigenvalue weighted by Crippen LogP contribution is -2.53. The summed E-state index contributed by atoms with van der Waals surface area (Å²) in [7, 11) is -4.16. The number of halogens is 3. The van der Waals surface area contributed by atoms with Gasteiger partial charge in [-0.25, -0.2) is 13.2 Å². The second-order valence-corrected chi connectivity index (χ2v) is 9.38. The molecule has 2 aromatic rings. The molecule has 0 saturated carbocycles. The van der Waals surface area contributed by atoms with Gasteiger partial charge in [-0.1, -0.05) is 18.2 Å². The van der Waals surface area contributed by atoms with E-state index < -0.39 is 43.7 Å². The van der Waals surface area contributed by atoms with Crippen LogP contribution >= 0.6 is 0 Å². The van der Waals surface area contributed by atoms with E-state index in [1.54, 1.807) is 13.0 Å². The second kappa shape index (κ2) is 9.35. The summed E-state index contributed by atoms with van der Waals surface area (Å²) >= 11 is 0. The van der Waals surface area contributed by atoms with Crippen molar-refractivity contribution < 1.29 is 31.3 Å². The maximum atomic E-state index is 12.9. The van der Waals surface area contributed by atoms with Gasteiger partial charge in [0.15, 0.2) is 0 Å². The van der Waals surface area contributed by atoms with E-state index in [0.29, 0.717) is 11.6 Å². The second-order valence-electron chi connectivity index (χ2n) is 7.44. The van der Waals surface area contributed by atoms with Crippen molar-refractivity contribution in [1.29, 1.82) is 0 Å². The van der Waals surface area contributed by atoms with Crippen molar-refractivity contribution in [1.82, 2.24) is 14.5 Å². The SMILES string of the molecule is CC(NC(=O)N1CCN(S(=O)(=O)c2cccc(C(F)(F)F)c2)CC1)c1cccc([N+](=O)[O-])c1. The van der Waals surface area contributed by atoms with E-state index >= 15 is 0 Å². The predicted molar refractivity (Wildman–Crippen MR) is 112 cm³/mol. The first kappa shape index (κ1) is 24.5. The number of non-ortho nitro benzene ring substituents is 1. The number of sulfonamides is 1. The highest BCUT2D eigenvalue weighted by Crippen LogP contribution is 2.31. The lowest BCUT2D eigenvalue weighted by molar-refractivity contribution is -0.384. The molecule has 1 N–H and O–H groups in total. The van der Waals surface area contributed by atoms with Gasteiger partial charge in [-0.2, -0.15) is 17.5 Å². The van der Waals surface area contributed by atoms with Crippen LogP contribution in [-0.4, -0.2) is 54.8 Å². The number of hydrogen-bond donors (Lipinski definition) is 1. The van der Waals surface area contributed by atoms with Crippen molar-refractivity contribution in [2.75, 3.05) is 26.2 Å². The van der Waals surface area contributed by atoms with Gasteiger partial charge in [0, 0.05) is 38.3 Å². The summed E-state index contributed by atoms with van der Waals surface area (Å²) in [6.07, 6.45) is -4.67. The molecule has 3 rings (SSSR count). The molecule has 1 fully saturated rings. The minimum Gasteiger partial charge on any atom is -0.331 e. The molecule has 1 heterocycles. The Kier molecular flexibility index (Phi) is 6.93. The summed E-state index contributed by atoms with van der Waals surface area (Å²) < 4.78 is 65.4. The number of carbonyl (C=O) groups excluding carboxylic acids is 1. The molecule has 0 spiro atoms. The Hall–Kier alpha value is -3.19. The summed E-state index contributed by atoms with van der Waals surface area (Å²) in [5.41, 5.74) is -0.637. The van der Waals surface area contributed by atoms with Crippen molar-refractivity contribution >= 4 is 21.7 Å². The third-order valence-corrected chi connectivity index (χ3v) is 7.14. The molecular weight excluding hydrogens is 465 g/mol. The van der Waals surface area contributed by atoms with Crippen LogP contribution in [0.5, 0.6) is 0 Å². The van der Waals surface area contributed by atoms with Crippen LogP contribution in [0.1, 0.15) is 24.1 Å². The van der Waals surface area contributed by atoms with Crippen molar-refractivity contribution in [3.63, 3.8) is 0 Å². The van der Waals surface area contributed by atoms with Crippen molar-refractivity contribution in [2.45, 2.75) is 24.0 Å². The standard InChI is InChI=1S/C20H21F3N4O5S/c1-14(15-4-2-6-17(12-15)27(29)30)24-19(28)25-8-10-26(11-9-25)33(31,32)18-7-3-5-16(13-18)20(21,22)23/h2-7,12-14H,8-11H2,1H3,(H,24,28). The van der Waals surface area contributed by atoms with Crippen LogP contribution in [0, 0.1) is 10.1 Å². The fourth-order valence-electron chi connectivity index (χ4n) is 3.38. The lowest BCUT2D eigenvalue weighted by atomic mass is 10.1. The Morgan fingerprint density at radius 3 is 2.33 bits per heavy atom. The Bertz CT molecular complexity index is 1150. The molecule has 0 aliphatic carbocycles. The Labute approximate surface area is 188 Å². The fourth-order valence-corrected chi connectivity index (χ4v) is 4.85. The van der Waals surface area contributed by atoms with Gasteiger partial charge in [-0.3, -0.25) is 10.1 Å². The van der Waals surface area contributed by atoms with Crippen LogP contribution in [0.2, 0.25) is 0 Å². The van der Waals surface area contributed by atoms with Gasteiger partial charge in [0.2, 0.25) is 10.0 Å². The Morgan fingerprint density at radius 2 is 1.73 bits per heavy atom. The molecule has 1 atom stereocenters. The van der Waals surface area contributed by atoms with Crippen molar-refractivity contribution in [2.24, 2.45) is 0 Å². The van der Waals surface area contributed by atoms with E-state index in [1.165, 1.54) is 23.1 Å². The van der Waals surface area contributed by atoms with Gasteiger partial charge >= 0.3 is 12.2 Å². The maximum absolute atomic E-state index is 12.9. The number of nitrogens with zero attached hydrogens (tertiary/aromatic N) is 3. The number of urea groups is 1. The third kappa shape index (κ3) is 5.60. The van der Waals surface area contributed by atoms with E-state index in [0.717, 1.165) is 22.5 Å². The number of amides is 2. The molecule has 0 bridgehead atoms. The molecule has 13 heteroatoms. The van der Waals surface area contributed by atoms with Gasteiger partial charge in [0.05, 0.1) is 21.4 Å². The van der Waals surface area contributed by atoms with Gasteiger partial charge in [-0.05, 0) is 30.7 Å². The molecule has 0 radical (unpaired) electrons. The number of nitro benzene ring substituents is 1. The Morgan fingerprint density at radius 1 is 1.09 bits per heavy atom. The first-order valence-corrected chi connectivity index (χ1v) is 11.3. The van der Waals surface area contributed by atoms with E-state index in [9.17, 15) is 36.5 Å². The molecule has 2 amide bonds. The van der Waals surface area contributed by atoms with Crippen LogP contribution in [-0.2, 0) is 16.2 Å². The quantitative estimate of drug-likeness (QED) is 0.514. The van der Waals surface area contributed by atoms with Gasteiger partial charge in [-0.15, -0.1) is 0 Å². The normalized spacial score (nSPS) is 16.3. The summed E-state index contributed by atoms with van der Waals surface area (Å²) in [6.45, 7) is 1.55. The summed E-state index contributed by atoms with van der Waals surface area (Å²) in [4.78, 5) is 23.9. The van der Waals surface area contributed by atoms with Crippen LogP contribution < -0.4 is 5.32 Å². The minimum absolute atomic E-state index is 0.0334. The van der Waals surface area contributed by atoms with Crippen molar-refractivity contribution in [3.8, 4) is 0 Å². The van der Waals surface area contributed by atoms with Gasteiger partial charge in [0.25, 0.3) is 5.69 Å². The van der Waals surface area contributed by atoms with E-state index in [-0.39, 0.29) is 31.9 Å². The minimum atomic E-state index is -4.67. The largest absolute Gasteiger partial charge is 0.416 e. The number of alkyl halides is 3. The van der Waals surface area contributed by atoms with E-state index in [2.05, 4.69) is 5.32 Å². The number of rotatable bonds is 5. The van der Waals surface area contributed by atoms with E-state index in [4.69, 9.17) is 0 Å². The molecular formula is C20H21F3N4O5S. The zero-order valence-electron chi connectivity index (χ0n) is 17.4. The highest BCUT2D eigenvalue weighted by atomic mass is 32.2. The highest BCUT2D eigenvalue weighted by Gasteiger charge is 2.34. The van der Waals surface area contributed by atoms with E-state index in [1.807, 2.05) is 0 Å². The monoisotopic (exact) mass is 486 g/mol. The number of nitrogens with one attached hydrogen (secondary N) is 1. The Balaban J connectivity index is 1.63. The summed E-state index contributed by atoms with van der Waals surface area (Å²) in [5, 5.41) is 13.6. The summed E-state index contributed by atoms with van der Waals surface area (Å²) in [6, 6.07) is 8.34. The smallest absolute Gasteiger partial charge is 0.331 e. The first-order valence-electron chi connectivity index (χ1n) is 9.87. The molecule has 33 heavy (non-hydrogen) atoms. The average molecular weight is 486 g/mol. The number of benzene rings is 2. The number of piperazine rings is 1. The molecule has 178 valence electrons. The maximum Gasteiger partial charge on any atom is 0.416 e. The molecule has 0 aromatic heterocycles. The molecule has 9 nitrogen and oxygen atoms in total. The number of carbonyl (C=O) groups is 1. The predicted octanol–water partition coefficient (Wildman–Crippen LogP) is 3.39. The number of nitro groups is 1. The first-order chi connectivity index (χ1) is 15.4. The summed E-state index contributed by atoms with van der Waals surface area (Å²) in [5.74, 6) is 0. The van der Waals surface area contributed by atoms with Crippen LogP contribution in [0.15, 0.2) is 53.4 Å². The zero-order chi connectivity index (χ0) is 24.4. The molecule has 1 unspecified atom stereocenters. The van der Waals surface area contributed by atoms with Crippen LogP contribution in [0.4, 0.5) is 23.7 Å². The van der Waals surface area contributed by atoms with Gasteiger partial charge in [0.1, 0.15) is 0 Å². The molecule has 1 aliphatic rings. The lowest BCUT2D eigenvalue weighted by Gasteiger charge is -2.34. The van der Waals surface area contributed by atoms with Crippen LogP contribution in [0.25, 0.3) is 0 Å². The zero-order valence-corrected chi connectivity index (χ0v) is 18.3.